The van der Waals surface area contributed by atoms with E-state index in [0.717, 1.165) is 32.8 Å². The van der Waals surface area contributed by atoms with E-state index >= 15 is 0 Å². The largest absolute Gasteiger partial charge is 0.435 e. The van der Waals surface area contributed by atoms with E-state index in [4.69, 9.17) is 9.15 Å². The van der Waals surface area contributed by atoms with Gasteiger partial charge in [-0.2, -0.15) is 0 Å². The van der Waals surface area contributed by atoms with Crippen LogP contribution in [0.5, 0.6) is 0 Å². The number of anilines is 1. The second-order valence-electron chi connectivity index (χ2n) is 4.55. The van der Waals surface area contributed by atoms with Gasteiger partial charge in [-0.25, -0.2) is 0 Å². The highest BCUT2D eigenvalue weighted by molar-refractivity contribution is 5.93. The van der Waals surface area contributed by atoms with Crippen molar-refractivity contribution in [3.05, 3.63) is 17.9 Å². The van der Waals surface area contributed by atoms with E-state index in [-0.39, 0.29) is 23.5 Å². The predicted octanol–water partition coefficient (Wildman–Crippen LogP) is 0.300. The Morgan fingerprint density at radius 2 is 2.05 bits per heavy atom. The Morgan fingerprint density at radius 1 is 1.30 bits per heavy atom. The van der Waals surface area contributed by atoms with Crippen LogP contribution in [0.25, 0.3) is 0 Å². The zero-order valence-electron chi connectivity index (χ0n) is 11.5. The van der Waals surface area contributed by atoms with Crippen LogP contribution in [-0.4, -0.2) is 56.1 Å². The first-order chi connectivity index (χ1) is 9.65. The van der Waals surface area contributed by atoms with Gasteiger partial charge in [-0.05, 0) is 6.07 Å². The predicted molar refractivity (Wildman–Crippen MR) is 72.6 cm³/mol. The van der Waals surface area contributed by atoms with Gasteiger partial charge in [0.05, 0.1) is 13.2 Å². The van der Waals surface area contributed by atoms with Crippen molar-refractivity contribution in [2.75, 3.05) is 44.7 Å². The highest BCUT2D eigenvalue weighted by Crippen LogP contribution is 2.12. The molecule has 0 unspecified atom stereocenters. The molecule has 0 radical (unpaired) electrons. The number of amides is 2. The van der Waals surface area contributed by atoms with Crippen LogP contribution < -0.4 is 10.6 Å². The number of ether oxygens (including phenoxy) is 1. The number of rotatable bonds is 5. The Balaban J connectivity index is 1.73. The maximum absolute atomic E-state index is 11.8. The summed E-state index contributed by atoms with van der Waals surface area (Å²) in [6.07, 6.45) is 0. The number of hydrogen-bond acceptors (Lipinski definition) is 5. The van der Waals surface area contributed by atoms with Crippen LogP contribution in [0, 0.1) is 0 Å². The first kappa shape index (κ1) is 14.5. The van der Waals surface area contributed by atoms with E-state index in [1.54, 1.807) is 6.07 Å². The molecule has 1 aliphatic rings. The first-order valence-electron chi connectivity index (χ1n) is 6.61. The topological polar surface area (TPSA) is 83.8 Å². The summed E-state index contributed by atoms with van der Waals surface area (Å²) in [6.45, 7) is 5.99. The molecule has 1 fully saturated rings. The lowest BCUT2D eigenvalue weighted by Gasteiger charge is -2.26. The van der Waals surface area contributed by atoms with Crippen molar-refractivity contribution in [2.24, 2.45) is 0 Å². The third kappa shape index (κ3) is 4.36. The molecule has 7 heteroatoms. The summed E-state index contributed by atoms with van der Waals surface area (Å²) in [5.41, 5.74) is 0. The molecule has 20 heavy (non-hydrogen) atoms. The normalized spacial score (nSPS) is 15.8. The molecule has 1 saturated heterocycles. The summed E-state index contributed by atoms with van der Waals surface area (Å²) in [5, 5.41) is 5.27. The standard InChI is InChI=1S/C13H19N3O4/c1-10(17)15-12-3-2-11(20-12)13(18)14-4-5-16-6-8-19-9-7-16/h2-3H,4-9H2,1H3,(H,14,18)(H,15,17). The van der Waals surface area contributed by atoms with Gasteiger partial charge in [0.15, 0.2) is 11.6 Å². The molecule has 2 heterocycles. The maximum atomic E-state index is 11.8. The highest BCUT2D eigenvalue weighted by atomic mass is 16.5. The highest BCUT2D eigenvalue weighted by Gasteiger charge is 2.13. The fourth-order valence-corrected chi connectivity index (χ4v) is 1.94. The van der Waals surface area contributed by atoms with Gasteiger partial charge < -0.3 is 14.5 Å². The Bertz CT molecular complexity index is 466. The molecular formula is C13H19N3O4. The smallest absolute Gasteiger partial charge is 0.287 e. The van der Waals surface area contributed by atoms with E-state index in [1.807, 2.05) is 0 Å². The zero-order valence-corrected chi connectivity index (χ0v) is 11.5. The summed E-state index contributed by atoms with van der Waals surface area (Å²) in [4.78, 5) is 24.9. The lowest BCUT2D eigenvalue weighted by molar-refractivity contribution is -0.114. The van der Waals surface area contributed by atoms with Crippen molar-refractivity contribution in [2.45, 2.75) is 6.92 Å². The second kappa shape index (κ2) is 7.06. The SMILES string of the molecule is CC(=O)Nc1ccc(C(=O)NCCN2CCOCC2)o1. The van der Waals surface area contributed by atoms with Crippen LogP contribution in [0.4, 0.5) is 5.88 Å². The van der Waals surface area contributed by atoms with Crippen molar-refractivity contribution in [3.8, 4) is 0 Å². The van der Waals surface area contributed by atoms with E-state index < -0.39 is 0 Å². The Labute approximate surface area is 117 Å². The van der Waals surface area contributed by atoms with Crippen molar-refractivity contribution in [1.29, 1.82) is 0 Å². The molecule has 1 aliphatic heterocycles. The number of carbonyl (C=O) groups excluding carboxylic acids is 2. The molecule has 0 aliphatic carbocycles. The summed E-state index contributed by atoms with van der Waals surface area (Å²) in [5.74, 6) is -0.0555. The van der Waals surface area contributed by atoms with Gasteiger partial charge in [0.1, 0.15) is 0 Å². The van der Waals surface area contributed by atoms with Gasteiger partial charge in [-0.15, -0.1) is 0 Å². The Hall–Kier alpha value is -1.86. The van der Waals surface area contributed by atoms with E-state index in [9.17, 15) is 9.59 Å². The molecule has 2 rings (SSSR count). The molecule has 1 aromatic heterocycles. The van der Waals surface area contributed by atoms with E-state index in [1.165, 1.54) is 13.0 Å². The molecule has 0 spiro atoms. The number of carbonyl (C=O) groups is 2. The molecule has 110 valence electrons. The molecule has 0 aromatic carbocycles. The van der Waals surface area contributed by atoms with Gasteiger partial charge in [-0.1, -0.05) is 0 Å². The van der Waals surface area contributed by atoms with Crippen LogP contribution in [0.2, 0.25) is 0 Å². The van der Waals surface area contributed by atoms with Crippen molar-refractivity contribution in [1.82, 2.24) is 10.2 Å². The Morgan fingerprint density at radius 3 is 2.75 bits per heavy atom. The third-order valence-corrected chi connectivity index (χ3v) is 2.95. The van der Waals surface area contributed by atoms with Gasteiger partial charge in [-0.3, -0.25) is 19.8 Å². The average Bonchev–Trinajstić information content (AvgIpc) is 2.87. The van der Waals surface area contributed by atoms with Crippen molar-refractivity contribution >= 4 is 17.7 Å². The minimum Gasteiger partial charge on any atom is -0.435 e. The fraction of sp³-hybridized carbons (Fsp3) is 0.538. The second-order valence-corrected chi connectivity index (χ2v) is 4.55. The fourth-order valence-electron chi connectivity index (χ4n) is 1.94. The van der Waals surface area contributed by atoms with Crippen molar-refractivity contribution in [3.63, 3.8) is 0 Å². The van der Waals surface area contributed by atoms with E-state index in [2.05, 4.69) is 15.5 Å². The van der Waals surface area contributed by atoms with Crippen LogP contribution >= 0.6 is 0 Å². The summed E-state index contributed by atoms with van der Waals surface area (Å²) in [7, 11) is 0. The minimum absolute atomic E-state index is 0.190. The van der Waals surface area contributed by atoms with Gasteiger partial charge in [0.25, 0.3) is 5.91 Å². The number of morpholine rings is 1. The average molecular weight is 281 g/mol. The molecule has 2 N–H and O–H groups in total. The Kier molecular flexibility index (Phi) is 5.14. The number of nitrogens with zero attached hydrogens (tertiary/aromatic N) is 1. The van der Waals surface area contributed by atoms with Crippen LogP contribution in [-0.2, 0) is 9.53 Å². The lowest BCUT2D eigenvalue weighted by Crippen LogP contribution is -2.41. The molecule has 0 saturated carbocycles. The summed E-state index contributed by atoms with van der Waals surface area (Å²) >= 11 is 0. The van der Waals surface area contributed by atoms with Crippen LogP contribution in [0.3, 0.4) is 0 Å². The quantitative estimate of drug-likeness (QED) is 0.811. The first-order valence-corrected chi connectivity index (χ1v) is 6.61. The van der Waals surface area contributed by atoms with Crippen LogP contribution in [0.15, 0.2) is 16.5 Å². The zero-order chi connectivity index (χ0) is 14.4. The molecular weight excluding hydrogens is 262 g/mol. The molecule has 7 nitrogen and oxygen atoms in total. The monoisotopic (exact) mass is 281 g/mol. The minimum atomic E-state index is -0.283. The summed E-state index contributed by atoms with van der Waals surface area (Å²) < 4.78 is 10.5. The number of hydrogen-bond donors (Lipinski definition) is 2. The molecule has 0 bridgehead atoms. The van der Waals surface area contributed by atoms with Crippen LogP contribution in [0.1, 0.15) is 17.5 Å². The van der Waals surface area contributed by atoms with Crippen molar-refractivity contribution < 1.29 is 18.7 Å². The summed E-state index contributed by atoms with van der Waals surface area (Å²) in [6, 6.07) is 3.09. The third-order valence-electron chi connectivity index (χ3n) is 2.95. The lowest BCUT2D eigenvalue weighted by atomic mass is 10.4. The van der Waals surface area contributed by atoms with Gasteiger partial charge >= 0.3 is 0 Å². The number of nitrogens with one attached hydrogen (secondary N) is 2. The maximum Gasteiger partial charge on any atom is 0.287 e. The molecule has 2 amide bonds. The van der Waals surface area contributed by atoms with Gasteiger partial charge in [0, 0.05) is 39.2 Å². The number of furan rings is 1. The molecule has 0 atom stereocenters. The van der Waals surface area contributed by atoms with Gasteiger partial charge in [0.2, 0.25) is 5.91 Å². The van der Waals surface area contributed by atoms with E-state index in [0.29, 0.717) is 6.54 Å². The molecule has 1 aromatic rings.